The van der Waals surface area contributed by atoms with Crippen molar-refractivity contribution in [3.05, 3.63) is 29.8 Å². The van der Waals surface area contributed by atoms with Gasteiger partial charge in [-0.15, -0.1) is 0 Å². The van der Waals surface area contributed by atoms with Gasteiger partial charge in [-0.05, 0) is 36.0 Å². The van der Waals surface area contributed by atoms with Crippen LogP contribution in [0.3, 0.4) is 0 Å². The van der Waals surface area contributed by atoms with Crippen molar-refractivity contribution in [3.63, 3.8) is 0 Å². The van der Waals surface area contributed by atoms with Crippen molar-refractivity contribution >= 4 is 10.0 Å². The maximum absolute atomic E-state index is 12.6. The molecule has 0 spiro atoms. The number of ether oxygens (including phenoxy) is 1. The van der Waals surface area contributed by atoms with E-state index in [1.165, 1.54) is 5.56 Å². The summed E-state index contributed by atoms with van der Waals surface area (Å²) in [6, 6.07) is 7.44. The molecule has 142 valence electrons. The van der Waals surface area contributed by atoms with E-state index < -0.39 is 10.0 Å². The lowest BCUT2D eigenvalue weighted by Crippen LogP contribution is -2.51. The van der Waals surface area contributed by atoms with Crippen molar-refractivity contribution in [2.24, 2.45) is 5.92 Å². The first-order valence-electron chi connectivity index (χ1n) is 9.26. The highest BCUT2D eigenvalue weighted by molar-refractivity contribution is 7.89. The van der Waals surface area contributed by atoms with Crippen LogP contribution in [-0.4, -0.2) is 52.2 Å². The summed E-state index contributed by atoms with van der Waals surface area (Å²) in [5.74, 6) is 0.810. The van der Waals surface area contributed by atoms with Crippen LogP contribution in [0.5, 0.6) is 0 Å². The summed E-state index contributed by atoms with van der Waals surface area (Å²) >= 11 is 0. The number of rotatable bonds is 8. The fourth-order valence-corrected chi connectivity index (χ4v) is 4.24. The highest BCUT2D eigenvalue weighted by atomic mass is 32.2. The highest BCUT2D eigenvalue weighted by Gasteiger charge is 2.26. The molecular formula is C19H32N2O3S. The molecule has 1 aliphatic heterocycles. The maximum Gasteiger partial charge on any atom is 0.240 e. The van der Waals surface area contributed by atoms with Crippen molar-refractivity contribution in [2.75, 3.05) is 32.8 Å². The van der Waals surface area contributed by atoms with Gasteiger partial charge in [0, 0.05) is 25.7 Å². The molecule has 1 fully saturated rings. The molecule has 25 heavy (non-hydrogen) atoms. The minimum absolute atomic E-state index is 0.179. The molecule has 2 unspecified atom stereocenters. The van der Waals surface area contributed by atoms with Gasteiger partial charge in [0.25, 0.3) is 0 Å². The Kier molecular flexibility index (Phi) is 7.43. The lowest BCUT2D eigenvalue weighted by atomic mass is 9.99. The first-order chi connectivity index (χ1) is 11.8. The zero-order valence-electron chi connectivity index (χ0n) is 15.9. The quantitative estimate of drug-likeness (QED) is 0.766. The monoisotopic (exact) mass is 368 g/mol. The van der Waals surface area contributed by atoms with Gasteiger partial charge in [0.1, 0.15) is 0 Å². The normalized spacial score (nSPS) is 19.1. The second-order valence-electron chi connectivity index (χ2n) is 7.19. The molecule has 0 amide bonds. The van der Waals surface area contributed by atoms with Crippen LogP contribution in [0.25, 0.3) is 0 Å². The van der Waals surface area contributed by atoms with E-state index in [0.717, 1.165) is 19.5 Å². The van der Waals surface area contributed by atoms with Crippen LogP contribution >= 0.6 is 0 Å². The molecule has 0 radical (unpaired) electrons. The molecule has 0 aromatic heterocycles. The molecule has 1 heterocycles. The van der Waals surface area contributed by atoms with Crippen molar-refractivity contribution in [1.82, 2.24) is 9.62 Å². The fourth-order valence-electron chi connectivity index (χ4n) is 3.19. The molecule has 2 atom stereocenters. The standard InChI is InChI=1S/C19H32N2O3S/c1-5-16(4)17-6-8-18(9-7-17)25(22,23)20-14-19(15(2)3)21-10-12-24-13-11-21/h6-9,15-16,19-20H,5,10-14H2,1-4H3. The van der Waals surface area contributed by atoms with Crippen LogP contribution < -0.4 is 4.72 Å². The second-order valence-corrected chi connectivity index (χ2v) is 8.96. The van der Waals surface area contributed by atoms with Crippen LogP contribution in [0.4, 0.5) is 0 Å². The molecule has 1 aliphatic rings. The van der Waals surface area contributed by atoms with Crippen molar-refractivity contribution in [2.45, 2.75) is 51.0 Å². The Bertz CT molecular complexity index is 623. The number of morpholine rings is 1. The summed E-state index contributed by atoms with van der Waals surface area (Å²) in [4.78, 5) is 2.66. The molecule has 6 heteroatoms. The third kappa shape index (κ3) is 5.51. The summed E-state index contributed by atoms with van der Waals surface area (Å²) < 4.78 is 33.5. The molecule has 1 N–H and O–H groups in total. The van der Waals surface area contributed by atoms with E-state index in [0.29, 0.717) is 36.5 Å². The van der Waals surface area contributed by atoms with Crippen molar-refractivity contribution in [3.8, 4) is 0 Å². The molecule has 0 aliphatic carbocycles. The first-order valence-corrected chi connectivity index (χ1v) is 10.7. The van der Waals surface area contributed by atoms with Crippen LogP contribution in [0, 0.1) is 5.92 Å². The van der Waals surface area contributed by atoms with Gasteiger partial charge in [-0.25, -0.2) is 13.1 Å². The Morgan fingerprint density at radius 3 is 2.24 bits per heavy atom. The third-order valence-corrected chi connectivity index (χ3v) is 6.58. The largest absolute Gasteiger partial charge is 0.379 e. The number of sulfonamides is 1. The Balaban J connectivity index is 2.03. The Morgan fingerprint density at radius 1 is 1.12 bits per heavy atom. The Morgan fingerprint density at radius 2 is 1.72 bits per heavy atom. The van der Waals surface area contributed by atoms with E-state index in [4.69, 9.17) is 4.74 Å². The molecule has 0 saturated carbocycles. The molecule has 1 saturated heterocycles. The van der Waals surface area contributed by atoms with Crippen LogP contribution in [0.1, 0.15) is 45.6 Å². The molecule has 1 aromatic carbocycles. The van der Waals surface area contributed by atoms with Gasteiger partial charge in [-0.1, -0.05) is 39.8 Å². The van der Waals surface area contributed by atoms with Gasteiger partial charge >= 0.3 is 0 Å². The fraction of sp³-hybridized carbons (Fsp3) is 0.684. The van der Waals surface area contributed by atoms with Crippen molar-refractivity contribution < 1.29 is 13.2 Å². The molecule has 5 nitrogen and oxygen atoms in total. The van der Waals surface area contributed by atoms with E-state index in [9.17, 15) is 8.42 Å². The average molecular weight is 369 g/mol. The first kappa shape index (κ1) is 20.4. The lowest BCUT2D eigenvalue weighted by Gasteiger charge is -2.36. The zero-order valence-corrected chi connectivity index (χ0v) is 16.7. The smallest absolute Gasteiger partial charge is 0.240 e. The highest BCUT2D eigenvalue weighted by Crippen LogP contribution is 2.21. The van der Waals surface area contributed by atoms with Crippen LogP contribution in [0.2, 0.25) is 0 Å². The predicted octanol–water partition coefficient (Wildman–Crippen LogP) is 2.84. The van der Waals surface area contributed by atoms with Gasteiger partial charge < -0.3 is 4.74 Å². The Hall–Kier alpha value is -0.950. The van der Waals surface area contributed by atoms with Gasteiger partial charge in [0.2, 0.25) is 10.0 Å². The summed E-state index contributed by atoms with van der Waals surface area (Å²) in [5, 5.41) is 0. The van der Waals surface area contributed by atoms with E-state index in [1.807, 2.05) is 12.1 Å². The summed E-state index contributed by atoms with van der Waals surface area (Å²) in [6.45, 7) is 12.1. The predicted molar refractivity (Wildman–Crippen MR) is 101 cm³/mol. The Labute approximate surface area is 152 Å². The number of hydrogen-bond donors (Lipinski definition) is 1. The zero-order chi connectivity index (χ0) is 18.4. The molecule has 2 rings (SSSR count). The van der Waals surface area contributed by atoms with Gasteiger partial charge in [0.15, 0.2) is 0 Å². The van der Waals surface area contributed by atoms with E-state index >= 15 is 0 Å². The second kappa shape index (κ2) is 9.12. The van der Waals surface area contributed by atoms with Gasteiger partial charge in [0.05, 0.1) is 18.1 Å². The van der Waals surface area contributed by atoms with E-state index in [2.05, 4.69) is 37.3 Å². The van der Waals surface area contributed by atoms with Gasteiger partial charge in [-0.2, -0.15) is 0 Å². The minimum atomic E-state index is -3.48. The van der Waals surface area contributed by atoms with Crippen LogP contribution in [0.15, 0.2) is 29.2 Å². The lowest BCUT2D eigenvalue weighted by molar-refractivity contribution is 0.00776. The molecule has 1 aromatic rings. The summed E-state index contributed by atoms with van der Waals surface area (Å²) in [5.41, 5.74) is 1.18. The maximum atomic E-state index is 12.6. The van der Waals surface area contributed by atoms with Crippen LogP contribution in [-0.2, 0) is 14.8 Å². The van der Waals surface area contributed by atoms with E-state index in [1.54, 1.807) is 12.1 Å². The van der Waals surface area contributed by atoms with E-state index in [-0.39, 0.29) is 6.04 Å². The number of benzene rings is 1. The minimum Gasteiger partial charge on any atom is -0.379 e. The summed E-state index contributed by atoms with van der Waals surface area (Å²) in [7, 11) is -3.48. The topological polar surface area (TPSA) is 58.6 Å². The molecular weight excluding hydrogens is 336 g/mol. The molecule has 0 bridgehead atoms. The number of hydrogen-bond acceptors (Lipinski definition) is 4. The number of nitrogens with one attached hydrogen (secondary N) is 1. The third-order valence-electron chi connectivity index (χ3n) is 5.14. The average Bonchev–Trinajstić information content (AvgIpc) is 2.62. The summed E-state index contributed by atoms with van der Waals surface area (Å²) in [6.07, 6.45) is 1.04. The van der Waals surface area contributed by atoms with Gasteiger partial charge in [-0.3, -0.25) is 4.90 Å². The van der Waals surface area contributed by atoms with Crippen molar-refractivity contribution in [1.29, 1.82) is 0 Å². The SMILES string of the molecule is CCC(C)c1ccc(S(=O)(=O)NCC(C(C)C)N2CCOCC2)cc1. The number of nitrogens with zero attached hydrogens (tertiary/aromatic N) is 1.